The number of aromatic amines is 2. The summed E-state index contributed by atoms with van der Waals surface area (Å²) >= 11 is 6.25. The van der Waals surface area contributed by atoms with Crippen molar-refractivity contribution in [1.29, 1.82) is 0 Å². The van der Waals surface area contributed by atoms with E-state index in [2.05, 4.69) is 19.9 Å². The Balaban J connectivity index is 0.000000219. The standard InChI is InChI=1S/C25H28ClF3N2O3.C22H21F7N2O/c1-14(2)34-21-9-16-8-18(31-20(16)12-30-21)11-24(32,25(27,28)29)13-23(3,4)19-10-17(26)7-15-5-6-33-22(15)19;1-12-4-5-14(23)8-16(12)19(2,3)11-20(32,22(27,28)29)9-15-6-13-7-18(21(24,25)26)30-10-17(13)31-15/h7-10,12,14,31-32H,5-6,11,13H2,1-4H3;4-8,10,31-32H,9,11H2,1-3H3. The number of fused-ring (bicyclic) bond motifs is 3. The molecule has 0 saturated carbocycles. The Morgan fingerprint density at radius 1 is 0.727 bits per heavy atom. The van der Waals surface area contributed by atoms with Gasteiger partial charge in [0.25, 0.3) is 0 Å². The van der Waals surface area contributed by atoms with E-state index in [1.807, 2.05) is 13.8 Å². The van der Waals surface area contributed by atoms with Gasteiger partial charge >= 0.3 is 18.5 Å². The summed E-state index contributed by atoms with van der Waals surface area (Å²) in [5.41, 5.74) is -6.60. The maximum Gasteiger partial charge on any atom is 0.433 e. The summed E-state index contributed by atoms with van der Waals surface area (Å²) in [6.45, 7) is 12.1. The molecule has 0 radical (unpaired) electrons. The number of pyridine rings is 2. The largest absolute Gasteiger partial charge is 0.493 e. The Morgan fingerprint density at radius 2 is 1.26 bits per heavy atom. The number of alkyl halides is 9. The van der Waals surface area contributed by atoms with Gasteiger partial charge in [0, 0.05) is 58.1 Å². The van der Waals surface area contributed by atoms with Crippen LogP contribution < -0.4 is 9.47 Å². The van der Waals surface area contributed by atoms with E-state index in [0.29, 0.717) is 57.3 Å². The van der Waals surface area contributed by atoms with Crippen LogP contribution in [0.15, 0.2) is 67.0 Å². The zero-order chi connectivity index (χ0) is 49.0. The van der Waals surface area contributed by atoms with Crippen molar-refractivity contribution in [3.63, 3.8) is 0 Å². The van der Waals surface area contributed by atoms with Crippen LogP contribution in [-0.2, 0) is 36.3 Å². The van der Waals surface area contributed by atoms with Gasteiger partial charge in [-0.05, 0) is 104 Å². The van der Waals surface area contributed by atoms with Gasteiger partial charge in [0.15, 0.2) is 11.2 Å². The third-order valence-corrected chi connectivity index (χ3v) is 11.9. The summed E-state index contributed by atoms with van der Waals surface area (Å²) in [5.74, 6) is 0.334. The summed E-state index contributed by atoms with van der Waals surface area (Å²) in [6.07, 6.45) is -14.6. The minimum Gasteiger partial charge on any atom is -0.493 e. The Morgan fingerprint density at radius 3 is 1.79 bits per heavy atom. The highest BCUT2D eigenvalue weighted by Crippen LogP contribution is 2.48. The number of nitrogens with one attached hydrogen (secondary N) is 2. The SMILES string of the molecule is CC(C)Oc1cc2cc(CC(O)(CC(C)(C)c3cc(Cl)cc4c3OCC4)C(F)(F)F)[nH]c2cn1.Cc1ccc(F)cc1C(C)(C)CC(O)(Cc1cc2cc(C(F)(F)F)ncc2[nH]1)C(F)(F)F. The molecule has 0 spiro atoms. The number of aromatic nitrogens is 4. The summed E-state index contributed by atoms with van der Waals surface area (Å²) in [5, 5.41) is 22.9. The summed E-state index contributed by atoms with van der Waals surface area (Å²) in [6, 6.07) is 12.3. The lowest BCUT2D eigenvalue weighted by molar-refractivity contribution is -0.266. The number of nitrogens with zero attached hydrogens (tertiary/aromatic N) is 2. The smallest absolute Gasteiger partial charge is 0.433 e. The first-order valence-corrected chi connectivity index (χ1v) is 21.2. The molecule has 6 aromatic rings. The number of rotatable bonds is 12. The summed E-state index contributed by atoms with van der Waals surface area (Å²) < 4.78 is 149. The lowest BCUT2D eigenvalue weighted by Crippen LogP contribution is -2.51. The van der Waals surface area contributed by atoms with Crippen molar-refractivity contribution in [2.75, 3.05) is 6.61 Å². The molecule has 2 atom stereocenters. The highest BCUT2D eigenvalue weighted by molar-refractivity contribution is 6.30. The molecule has 4 N–H and O–H groups in total. The molecule has 0 aliphatic carbocycles. The lowest BCUT2D eigenvalue weighted by atomic mass is 9.72. The van der Waals surface area contributed by atoms with Crippen LogP contribution in [0.25, 0.3) is 21.8 Å². The van der Waals surface area contributed by atoms with E-state index in [0.717, 1.165) is 30.0 Å². The molecular weight excluding hydrogens is 910 g/mol. The third-order valence-electron chi connectivity index (χ3n) is 11.6. The van der Waals surface area contributed by atoms with E-state index in [1.165, 1.54) is 32.2 Å². The second-order valence-electron chi connectivity index (χ2n) is 18.6. The Bertz CT molecular complexity index is 2710. The number of aryl methyl sites for hydroxylation is 1. The van der Waals surface area contributed by atoms with Gasteiger partial charge in [-0.2, -0.15) is 39.5 Å². The molecular formula is C47H49ClF10N4O4. The van der Waals surface area contributed by atoms with E-state index in [9.17, 15) is 54.1 Å². The number of H-pyrrole nitrogens is 2. The molecule has 2 aromatic carbocycles. The fraction of sp³-hybridized carbons (Fsp3) is 0.447. The average Bonchev–Trinajstić information content (AvgIpc) is 3.91. The minimum atomic E-state index is -5.06. The summed E-state index contributed by atoms with van der Waals surface area (Å²) in [4.78, 5) is 13.0. The first-order valence-electron chi connectivity index (χ1n) is 20.8. The van der Waals surface area contributed by atoms with E-state index in [4.69, 9.17) is 21.1 Å². The van der Waals surface area contributed by atoms with Crippen LogP contribution in [0, 0.1) is 12.7 Å². The summed E-state index contributed by atoms with van der Waals surface area (Å²) in [7, 11) is 0. The van der Waals surface area contributed by atoms with Crippen molar-refractivity contribution < 1.29 is 63.6 Å². The van der Waals surface area contributed by atoms with Gasteiger partial charge in [0.2, 0.25) is 5.88 Å². The fourth-order valence-electron chi connectivity index (χ4n) is 8.72. The topological polar surface area (TPSA) is 116 Å². The van der Waals surface area contributed by atoms with Crippen molar-refractivity contribution >= 4 is 33.4 Å². The molecule has 0 saturated heterocycles. The molecule has 19 heteroatoms. The molecule has 0 fully saturated rings. The quantitative estimate of drug-likeness (QED) is 0.0908. The molecule has 4 aromatic heterocycles. The number of halogens is 11. The van der Waals surface area contributed by atoms with E-state index >= 15 is 0 Å². The predicted molar refractivity (Wildman–Crippen MR) is 229 cm³/mol. The van der Waals surface area contributed by atoms with Crippen LogP contribution in [-0.4, -0.2) is 66.4 Å². The third kappa shape index (κ3) is 11.0. The molecule has 1 aliphatic rings. The van der Waals surface area contributed by atoms with Crippen LogP contribution in [0.2, 0.25) is 5.02 Å². The van der Waals surface area contributed by atoms with Crippen LogP contribution >= 0.6 is 11.6 Å². The molecule has 66 heavy (non-hydrogen) atoms. The molecule has 2 unspecified atom stereocenters. The first kappa shape index (κ1) is 50.3. The zero-order valence-corrected chi connectivity index (χ0v) is 37.7. The van der Waals surface area contributed by atoms with Crippen LogP contribution in [0.1, 0.15) is 93.7 Å². The van der Waals surface area contributed by atoms with Crippen molar-refractivity contribution in [2.45, 2.75) is 127 Å². The van der Waals surface area contributed by atoms with Crippen LogP contribution in [0.3, 0.4) is 0 Å². The molecule has 8 nitrogen and oxygen atoms in total. The van der Waals surface area contributed by atoms with Gasteiger partial charge < -0.3 is 29.7 Å². The molecule has 5 heterocycles. The first-order chi connectivity index (χ1) is 30.3. The van der Waals surface area contributed by atoms with Crippen molar-refractivity contribution in [1.82, 2.24) is 19.9 Å². The van der Waals surface area contributed by atoms with Gasteiger partial charge in [-0.3, -0.25) is 0 Å². The lowest BCUT2D eigenvalue weighted by Gasteiger charge is -2.38. The Kier molecular flexibility index (Phi) is 13.6. The number of hydrogen-bond acceptors (Lipinski definition) is 6. The van der Waals surface area contributed by atoms with Gasteiger partial charge in [0.1, 0.15) is 17.3 Å². The highest BCUT2D eigenvalue weighted by atomic mass is 35.5. The molecule has 0 amide bonds. The molecule has 1 aliphatic heterocycles. The highest BCUT2D eigenvalue weighted by Gasteiger charge is 2.57. The number of benzene rings is 2. The minimum absolute atomic E-state index is 0.0204. The zero-order valence-electron chi connectivity index (χ0n) is 36.9. The second-order valence-corrected chi connectivity index (χ2v) is 19.0. The molecule has 0 bridgehead atoms. The van der Waals surface area contributed by atoms with Gasteiger partial charge in [-0.1, -0.05) is 45.4 Å². The number of hydrogen-bond donors (Lipinski definition) is 4. The van der Waals surface area contributed by atoms with E-state index in [-0.39, 0.29) is 28.4 Å². The van der Waals surface area contributed by atoms with Gasteiger partial charge in [-0.15, -0.1) is 0 Å². The van der Waals surface area contributed by atoms with Gasteiger partial charge in [-0.25, -0.2) is 14.4 Å². The fourth-order valence-corrected chi connectivity index (χ4v) is 8.96. The van der Waals surface area contributed by atoms with Crippen molar-refractivity contribution in [3.8, 4) is 11.6 Å². The average molecular weight is 959 g/mol. The van der Waals surface area contributed by atoms with E-state index < -0.39 is 77.8 Å². The van der Waals surface area contributed by atoms with Crippen molar-refractivity contribution in [2.24, 2.45) is 0 Å². The number of aliphatic hydroxyl groups is 2. The molecule has 7 rings (SSSR count). The van der Waals surface area contributed by atoms with E-state index in [1.54, 1.807) is 45.0 Å². The molecule has 358 valence electrons. The van der Waals surface area contributed by atoms with Crippen LogP contribution in [0.4, 0.5) is 43.9 Å². The maximum absolute atomic E-state index is 14.3. The second kappa shape index (κ2) is 17.9. The van der Waals surface area contributed by atoms with Crippen LogP contribution in [0.5, 0.6) is 11.6 Å². The predicted octanol–water partition coefficient (Wildman–Crippen LogP) is 12.4. The number of ether oxygens (including phenoxy) is 2. The Hall–Kier alpha value is -5.07. The normalized spacial score (nSPS) is 15.6. The monoisotopic (exact) mass is 958 g/mol. The van der Waals surface area contributed by atoms with Gasteiger partial charge in [0.05, 0.1) is 36.1 Å². The van der Waals surface area contributed by atoms with Crippen molar-refractivity contribution in [3.05, 3.63) is 117 Å². The Labute approximate surface area is 378 Å². The maximum atomic E-state index is 14.3.